The number of carbonyl (C=O) groups excluding carboxylic acids is 2. The lowest BCUT2D eigenvalue weighted by Crippen LogP contribution is -2.61. The van der Waals surface area contributed by atoms with Crippen molar-refractivity contribution in [3.8, 4) is 12.1 Å². The van der Waals surface area contributed by atoms with E-state index >= 15 is 0 Å². The molecule has 2 atom stereocenters. The third-order valence-corrected chi connectivity index (χ3v) is 1.86. The lowest BCUT2D eigenvalue weighted by molar-refractivity contribution is -0.136. The van der Waals surface area contributed by atoms with E-state index in [2.05, 4.69) is 10.6 Å². The molecule has 0 aromatic carbocycles. The van der Waals surface area contributed by atoms with E-state index in [-0.39, 0.29) is 12.8 Å². The van der Waals surface area contributed by atoms with Crippen molar-refractivity contribution in [2.24, 2.45) is 0 Å². The summed E-state index contributed by atoms with van der Waals surface area (Å²) in [6.07, 6.45) is -0.117. The van der Waals surface area contributed by atoms with Crippen molar-refractivity contribution in [2.75, 3.05) is 0 Å². The van der Waals surface area contributed by atoms with Crippen molar-refractivity contribution >= 4 is 11.8 Å². The number of piperazine rings is 1. The fourth-order valence-electron chi connectivity index (χ4n) is 1.15. The number of nitrogens with one attached hydrogen (secondary N) is 2. The lowest BCUT2D eigenvalue weighted by Gasteiger charge is -2.26. The smallest absolute Gasteiger partial charge is 0.244 e. The van der Waals surface area contributed by atoms with Crippen LogP contribution in [0.5, 0.6) is 0 Å². The van der Waals surface area contributed by atoms with Crippen molar-refractivity contribution in [3.63, 3.8) is 0 Å². The van der Waals surface area contributed by atoms with E-state index in [1.807, 2.05) is 0 Å². The zero-order chi connectivity index (χ0) is 10.6. The predicted molar refractivity (Wildman–Crippen MR) is 44.3 cm³/mol. The summed E-state index contributed by atoms with van der Waals surface area (Å²) < 4.78 is 0. The maximum absolute atomic E-state index is 11.2. The van der Waals surface area contributed by atoms with Gasteiger partial charge in [0.05, 0.1) is 25.0 Å². The Morgan fingerprint density at radius 1 is 1.00 bits per heavy atom. The van der Waals surface area contributed by atoms with Gasteiger partial charge in [-0.2, -0.15) is 10.5 Å². The van der Waals surface area contributed by atoms with Crippen molar-refractivity contribution in [3.05, 3.63) is 0 Å². The summed E-state index contributed by atoms with van der Waals surface area (Å²) in [4.78, 5) is 22.5. The predicted octanol–water partition coefficient (Wildman–Crippen LogP) is -1.20. The molecule has 1 aliphatic rings. The minimum absolute atomic E-state index is 0.0587. The summed E-state index contributed by atoms with van der Waals surface area (Å²) >= 11 is 0. The Bertz CT molecular complexity index is 304. The largest absolute Gasteiger partial charge is 0.341 e. The first-order valence-electron chi connectivity index (χ1n) is 4.03. The standard InChI is InChI=1S/C8H8N4O2/c9-3-1-5-7(13)12-6(2-4-10)8(14)11-5/h5-6H,1-2H2,(H,11,14)(H,12,13). The van der Waals surface area contributed by atoms with E-state index in [0.717, 1.165) is 0 Å². The van der Waals surface area contributed by atoms with Gasteiger partial charge in [0.15, 0.2) is 0 Å². The van der Waals surface area contributed by atoms with Crippen LogP contribution in [0.15, 0.2) is 0 Å². The van der Waals surface area contributed by atoms with Crippen molar-refractivity contribution < 1.29 is 9.59 Å². The van der Waals surface area contributed by atoms with Crippen molar-refractivity contribution in [1.29, 1.82) is 10.5 Å². The topological polar surface area (TPSA) is 106 Å². The number of amides is 2. The normalized spacial score (nSPS) is 25.6. The molecule has 14 heavy (non-hydrogen) atoms. The molecule has 0 saturated carbocycles. The first kappa shape index (κ1) is 10.0. The van der Waals surface area contributed by atoms with Gasteiger partial charge in [-0.15, -0.1) is 0 Å². The molecule has 0 aromatic rings. The fourth-order valence-corrected chi connectivity index (χ4v) is 1.15. The summed E-state index contributed by atoms with van der Waals surface area (Å²) in [6.45, 7) is 0. The van der Waals surface area contributed by atoms with Crippen LogP contribution in [-0.2, 0) is 9.59 Å². The summed E-state index contributed by atoms with van der Waals surface area (Å²) in [7, 11) is 0. The average molecular weight is 192 g/mol. The molecule has 2 amide bonds. The Hall–Kier alpha value is -2.08. The second-order valence-electron chi connectivity index (χ2n) is 2.85. The minimum Gasteiger partial charge on any atom is -0.341 e. The first-order valence-corrected chi connectivity index (χ1v) is 4.03. The Labute approximate surface area is 80.5 Å². The third kappa shape index (κ3) is 1.99. The van der Waals surface area contributed by atoms with Gasteiger partial charge in [0.25, 0.3) is 0 Å². The number of nitriles is 2. The van der Waals surface area contributed by atoms with Gasteiger partial charge in [-0.05, 0) is 0 Å². The zero-order valence-corrected chi connectivity index (χ0v) is 7.28. The Kier molecular flexibility index (Phi) is 3.03. The van der Waals surface area contributed by atoms with Crippen LogP contribution in [0.1, 0.15) is 12.8 Å². The van der Waals surface area contributed by atoms with E-state index in [9.17, 15) is 9.59 Å². The molecule has 0 radical (unpaired) electrons. The highest BCUT2D eigenvalue weighted by atomic mass is 16.2. The molecule has 1 fully saturated rings. The summed E-state index contributed by atoms with van der Waals surface area (Å²) in [5, 5.41) is 21.5. The molecule has 2 N–H and O–H groups in total. The van der Waals surface area contributed by atoms with Gasteiger partial charge in [-0.1, -0.05) is 0 Å². The molecule has 6 heteroatoms. The number of rotatable bonds is 2. The highest BCUT2D eigenvalue weighted by molar-refractivity contribution is 5.97. The van der Waals surface area contributed by atoms with Crippen LogP contribution >= 0.6 is 0 Å². The van der Waals surface area contributed by atoms with Crippen LogP contribution < -0.4 is 10.6 Å². The molecule has 2 unspecified atom stereocenters. The Balaban J connectivity index is 2.64. The van der Waals surface area contributed by atoms with Gasteiger partial charge in [0.1, 0.15) is 12.1 Å². The molecule has 0 aliphatic carbocycles. The second-order valence-corrected chi connectivity index (χ2v) is 2.85. The third-order valence-electron chi connectivity index (χ3n) is 1.86. The molecule has 0 bridgehead atoms. The molecular formula is C8H8N4O2. The number of hydrogen-bond donors (Lipinski definition) is 2. The lowest BCUT2D eigenvalue weighted by atomic mass is 10.1. The highest BCUT2D eigenvalue weighted by Crippen LogP contribution is 2.02. The fraction of sp³-hybridized carbons (Fsp3) is 0.500. The van der Waals surface area contributed by atoms with Crippen LogP contribution in [0.4, 0.5) is 0 Å². The molecule has 1 rings (SSSR count). The van der Waals surface area contributed by atoms with Crippen LogP contribution in [0.2, 0.25) is 0 Å². The monoisotopic (exact) mass is 192 g/mol. The van der Waals surface area contributed by atoms with E-state index < -0.39 is 23.9 Å². The Morgan fingerprint density at radius 2 is 1.36 bits per heavy atom. The van der Waals surface area contributed by atoms with Crippen LogP contribution in [0.3, 0.4) is 0 Å². The van der Waals surface area contributed by atoms with Gasteiger partial charge >= 0.3 is 0 Å². The quantitative estimate of drug-likeness (QED) is 0.572. The highest BCUT2D eigenvalue weighted by Gasteiger charge is 2.32. The maximum atomic E-state index is 11.2. The molecule has 1 heterocycles. The number of hydrogen-bond acceptors (Lipinski definition) is 4. The van der Waals surface area contributed by atoms with E-state index in [1.54, 1.807) is 12.1 Å². The van der Waals surface area contributed by atoms with Gasteiger partial charge < -0.3 is 10.6 Å². The van der Waals surface area contributed by atoms with Crippen molar-refractivity contribution in [2.45, 2.75) is 24.9 Å². The first-order chi connectivity index (χ1) is 6.69. The van der Waals surface area contributed by atoms with Crippen molar-refractivity contribution in [1.82, 2.24) is 10.6 Å². The molecule has 6 nitrogen and oxygen atoms in total. The molecule has 0 aromatic heterocycles. The molecular weight excluding hydrogens is 184 g/mol. The Morgan fingerprint density at radius 3 is 1.64 bits per heavy atom. The van der Waals surface area contributed by atoms with E-state index in [1.165, 1.54) is 0 Å². The van der Waals surface area contributed by atoms with Crippen LogP contribution in [0.25, 0.3) is 0 Å². The molecule has 72 valence electrons. The van der Waals surface area contributed by atoms with E-state index in [4.69, 9.17) is 10.5 Å². The zero-order valence-electron chi connectivity index (χ0n) is 7.28. The summed E-state index contributed by atoms with van der Waals surface area (Å²) in [5.74, 6) is -0.821. The number of carbonyl (C=O) groups is 2. The minimum atomic E-state index is -0.789. The molecule has 0 spiro atoms. The van der Waals surface area contributed by atoms with Crippen LogP contribution in [0, 0.1) is 22.7 Å². The number of nitrogens with zero attached hydrogens (tertiary/aromatic N) is 2. The summed E-state index contributed by atoms with van der Waals surface area (Å²) in [5.41, 5.74) is 0. The van der Waals surface area contributed by atoms with Gasteiger partial charge in [-0.3, -0.25) is 9.59 Å². The van der Waals surface area contributed by atoms with Gasteiger partial charge in [-0.25, -0.2) is 0 Å². The SMILES string of the molecule is N#CCC1NC(=O)C(CC#N)NC1=O. The molecule has 1 aliphatic heterocycles. The van der Waals surface area contributed by atoms with Crippen LogP contribution in [-0.4, -0.2) is 23.9 Å². The summed E-state index contributed by atoms with van der Waals surface area (Å²) in [6, 6.07) is 2.01. The maximum Gasteiger partial charge on any atom is 0.244 e. The van der Waals surface area contributed by atoms with Gasteiger partial charge in [0.2, 0.25) is 11.8 Å². The van der Waals surface area contributed by atoms with Gasteiger partial charge in [0, 0.05) is 0 Å². The second kappa shape index (κ2) is 4.24. The average Bonchev–Trinajstić information content (AvgIpc) is 2.14. The molecule has 1 saturated heterocycles. The van der Waals surface area contributed by atoms with E-state index in [0.29, 0.717) is 0 Å².